The lowest BCUT2D eigenvalue weighted by Gasteiger charge is -2.30. The molecule has 274 valence electrons. The summed E-state index contributed by atoms with van der Waals surface area (Å²) in [6.45, 7) is 5.50. The largest absolute Gasteiger partial charge is 0.496 e. The molecule has 1 aliphatic rings. The monoisotopic (exact) mass is 734 g/mol. The number of carbonyl (C=O) groups excluding carboxylic acids is 3. The Labute approximate surface area is 286 Å². The van der Waals surface area contributed by atoms with Gasteiger partial charge in [-0.1, -0.05) is 6.92 Å². The van der Waals surface area contributed by atoms with Gasteiger partial charge in [0.05, 0.1) is 46.6 Å². The van der Waals surface area contributed by atoms with Crippen molar-refractivity contribution in [1.82, 2.24) is 9.55 Å². The number of aliphatic hydroxyl groups excluding tert-OH is 1. The van der Waals surface area contributed by atoms with E-state index in [2.05, 4.69) is 4.98 Å². The van der Waals surface area contributed by atoms with Gasteiger partial charge in [-0.05, 0) is 44.9 Å². The fourth-order valence-electron chi connectivity index (χ4n) is 4.84. The first-order chi connectivity index (χ1) is 23.2. The molecule has 2 heterocycles. The second-order valence-corrected chi connectivity index (χ2v) is 13.2. The number of methoxy groups -OCH3 is 2. The van der Waals surface area contributed by atoms with E-state index in [-0.39, 0.29) is 43.7 Å². The van der Waals surface area contributed by atoms with E-state index in [1.165, 1.54) is 24.9 Å². The number of aliphatic hydroxyl groups is 1. The molecular weight excluding hydrogens is 691 g/mol. The van der Waals surface area contributed by atoms with Gasteiger partial charge in [-0.25, -0.2) is 9.36 Å². The molecule has 19 heteroatoms. The molecule has 3 unspecified atom stereocenters. The van der Waals surface area contributed by atoms with Crippen LogP contribution < -0.4 is 20.7 Å². The predicted octanol–water partition coefficient (Wildman–Crippen LogP) is 2.24. The Kier molecular flexibility index (Phi) is 16.9. The van der Waals surface area contributed by atoms with Crippen LogP contribution in [0.1, 0.15) is 49.6 Å². The molecule has 0 bridgehead atoms. The lowest BCUT2D eigenvalue weighted by atomic mass is 9.87. The molecule has 3 rings (SSSR count). The molecule has 0 radical (unpaired) electrons. The maximum absolute atomic E-state index is 13.1. The van der Waals surface area contributed by atoms with Crippen LogP contribution in [-0.2, 0) is 48.0 Å². The number of hydrogen-bond donors (Lipinski definition) is 3. The second-order valence-electron chi connectivity index (χ2n) is 10.8. The first-order valence-electron chi connectivity index (χ1n) is 15.0. The van der Waals surface area contributed by atoms with Gasteiger partial charge in [-0.15, -0.1) is 11.8 Å². The summed E-state index contributed by atoms with van der Waals surface area (Å²) in [6, 6.07) is 3.81. The summed E-state index contributed by atoms with van der Waals surface area (Å²) in [6.07, 6.45) is -1.66. The zero-order valence-electron chi connectivity index (χ0n) is 28.1. The highest BCUT2D eigenvalue weighted by Crippen LogP contribution is 2.49. The first-order valence-corrected chi connectivity index (χ1v) is 17.7. The predicted molar refractivity (Wildman–Crippen MR) is 173 cm³/mol. The number of aromatic nitrogens is 2. The molecule has 5 atom stereocenters. The lowest BCUT2D eigenvalue weighted by Crippen LogP contribution is -2.41. The number of nitrogens with zero attached hydrogens (tertiary/aromatic N) is 1. The van der Waals surface area contributed by atoms with Crippen molar-refractivity contribution in [2.24, 2.45) is 5.41 Å². The minimum atomic E-state index is -4.85. The fraction of sp³-hybridized carbons (Fsp3) is 0.600. The number of esters is 1. The number of hydrogen-bond acceptors (Lipinski definition) is 15. The summed E-state index contributed by atoms with van der Waals surface area (Å²) in [4.78, 5) is 66.2. The average Bonchev–Trinajstić information content (AvgIpc) is 3.46. The van der Waals surface area contributed by atoms with E-state index in [1.54, 1.807) is 28.1 Å². The number of thioether (sulfide) groups is 1. The molecule has 1 aromatic carbocycles. The number of nitrogens with one attached hydrogen (secondary N) is 1. The Balaban J connectivity index is 0.00000267. The lowest BCUT2D eigenvalue weighted by molar-refractivity contribution is -0.191. The van der Waals surface area contributed by atoms with Crippen molar-refractivity contribution in [3.05, 3.63) is 55.9 Å². The summed E-state index contributed by atoms with van der Waals surface area (Å²) in [7, 11) is -1.69. The Hall–Kier alpha value is -3.31. The molecule has 1 saturated heterocycles. The van der Waals surface area contributed by atoms with Crippen LogP contribution in [0.2, 0.25) is 0 Å². The molecule has 0 saturated carbocycles. The number of aromatic amines is 1. The smallest absolute Gasteiger partial charge is 0.472 e. The Morgan fingerprint density at radius 2 is 1.80 bits per heavy atom. The number of aryl methyl sites for hydroxylation is 2. The van der Waals surface area contributed by atoms with E-state index in [0.717, 1.165) is 15.7 Å². The molecule has 17 nitrogen and oxygen atoms in total. The van der Waals surface area contributed by atoms with E-state index in [4.69, 9.17) is 42.3 Å². The highest BCUT2D eigenvalue weighted by Gasteiger charge is 2.45. The third kappa shape index (κ3) is 11.6. The number of H-pyrrole nitrogens is 1. The van der Waals surface area contributed by atoms with E-state index in [1.807, 2.05) is 19.1 Å². The van der Waals surface area contributed by atoms with Crippen LogP contribution in [0.15, 0.2) is 27.9 Å². The van der Waals surface area contributed by atoms with Crippen LogP contribution in [0.5, 0.6) is 11.5 Å². The molecule has 0 aliphatic carbocycles. The SMILES string of the molecule is CCOC(=O)C(CC)(COCSCc1c(OC)cc(C)cc1OC)COP(=O)(O)OC1C[C@H](n2cc(C)c(=O)[nH]c2=O)O[C@@H]1CO.O=C=O. The summed E-state index contributed by atoms with van der Waals surface area (Å²) in [5.74, 6) is 1.33. The number of phosphoric acid groups is 1. The van der Waals surface area contributed by atoms with Gasteiger partial charge in [0, 0.05) is 29.5 Å². The van der Waals surface area contributed by atoms with Gasteiger partial charge in [0.15, 0.2) is 0 Å². The third-order valence-electron chi connectivity index (χ3n) is 7.52. The van der Waals surface area contributed by atoms with Crippen molar-refractivity contribution in [2.45, 2.75) is 64.7 Å². The van der Waals surface area contributed by atoms with Crippen molar-refractivity contribution in [2.75, 3.05) is 46.6 Å². The van der Waals surface area contributed by atoms with Gasteiger partial charge in [0.25, 0.3) is 5.56 Å². The minimum absolute atomic E-state index is 0.0677. The summed E-state index contributed by atoms with van der Waals surface area (Å²) in [5.41, 5.74) is -0.679. The third-order valence-corrected chi connectivity index (χ3v) is 9.34. The Morgan fingerprint density at radius 1 is 1.16 bits per heavy atom. The highest BCUT2D eigenvalue weighted by atomic mass is 32.2. The maximum Gasteiger partial charge on any atom is 0.472 e. The summed E-state index contributed by atoms with van der Waals surface area (Å²) in [5, 5.41) is 9.82. The van der Waals surface area contributed by atoms with Crippen molar-refractivity contribution < 1.29 is 61.7 Å². The summed E-state index contributed by atoms with van der Waals surface area (Å²) >= 11 is 1.41. The molecule has 3 N–H and O–H groups in total. The zero-order chi connectivity index (χ0) is 36.8. The molecule has 1 fully saturated rings. The molecular formula is C30H43N2O15PS. The van der Waals surface area contributed by atoms with Crippen molar-refractivity contribution >= 4 is 31.7 Å². The molecule has 0 amide bonds. The van der Waals surface area contributed by atoms with Crippen LogP contribution in [0.25, 0.3) is 0 Å². The Morgan fingerprint density at radius 3 is 2.35 bits per heavy atom. The van der Waals surface area contributed by atoms with Gasteiger partial charge in [0.1, 0.15) is 35.3 Å². The normalized spacial score (nSPS) is 19.5. The van der Waals surface area contributed by atoms with Crippen LogP contribution in [0, 0.1) is 19.3 Å². The van der Waals surface area contributed by atoms with Gasteiger partial charge in [0.2, 0.25) is 0 Å². The van der Waals surface area contributed by atoms with Gasteiger partial charge >= 0.3 is 25.6 Å². The summed E-state index contributed by atoms with van der Waals surface area (Å²) < 4.78 is 52.7. The fourth-order valence-corrected chi connectivity index (χ4v) is 6.65. The van der Waals surface area contributed by atoms with Gasteiger partial charge < -0.3 is 33.7 Å². The van der Waals surface area contributed by atoms with Crippen molar-refractivity contribution in [3.63, 3.8) is 0 Å². The second kappa shape index (κ2) is 19.8. The van der Waals surface area contributed by atoms with E-state index >= 15 is 0 Å². The van der Waals surface area contributed by atoms with Crippen LogP contribution in [0.3, 0.4) is 0 Å². The standard InChI is InChI=1S/C29H43N2O13PS.CO2/c1-7-29(27(34)41-8-2,15-40-17-46-14-20-21(38-5)9-18(3)10-22(20)39-6)16-42-45(36,37)44-23-11-25(43-24(23)13-32)31-12-19(4)26(33)30-28(31)35;2-1-3/h9-10,12,23-25,32H,7-8,11,13-17H2,1-6H3,(H,36,37)(H,30,33,35);/t23?,24-,25-,29?;/m1./s1. The van der Waals surface area contributed by atoms with E-state index in [9.17, 15) is 28.9 Å². The van der Waals surface area contributed by atoms with Crippen LogP contribution in [0.4, 0.5) is 0 Å². The molecule has 0 spiro atoms. The topological polar surface area (TPSA) is 228 Å². The van der Waals surface area contributed by atoms with E-state index in [0.29, 0.717) is 17.3 Å². The van der Waals surface area contributed by atoms with Crippen LogP contribution in [-0.4, -0.2) is 90.5 Å². The maximum atomic E-state index is 13.1. The Bertz CT molecular complexity index is 1570. The average molecular weight is 735 g/mol. The molecule has 49 heavy (non-hydrogen) atoms. The molecule has 1 aromatic heterocycles. The van der Waals surface area contributed by atoms with Crippen LogP contribution >= 0.6 is 19.6 Å². The van der Waals surface area contributed by atoms with Gasteiger partial charge in [-0.2, -0.15) is 9.59 Å². The first kappa shape index (κ1) is 41.9. The quantitative estimate of drug-likeness (QED) is 0.0863. The minimum Gasteiger partial charge on any atom is -0.496 e. The van der Waals surface area contributed by atoms with Crippen molar-refractivity contribution in [1.29, 1.82) is 0 Å². The van der Waals surface area contributed by atoms with Gasteiger partial charge in [-0.3, -0.25) is 28.2 Å². The van der Waals surface area contributed by atoms with Crippen molar-refractivity contribution in [3.8, 4) is 11.5 Å². The molecule has 2 aromatic rings. The number of benzene rings is 1. The van der Waals surface area contributed by atoms with E-state index < -0.39 is 62.1 Å². The number of carbonyl (C=O) groups is 1. The zero-order valence-corrected chi connectivity index (χ0v) is 29.8. The number of phosphoric ester groups is 1. The molecule has 1 aliphatic heterocycles. The highest BCUT2D eigenvalue weighted by molar-refractivity contribution is 7.98. The number of rotatable bonds is 18. The number of ether oxygens (including phenoxy) is 5.